The van der Waals surface area contributed by atoms with Crippen molar-refractivity contribution in [1.29, 1.82) is 0 Å². The molecule has 7 aliphatic rings. The van der Waals surface area contributed by atoms with Crippen LogP contribution in [-0.4, -0.2) is 77.7 Å². The number of carbonyl (C=O) groups is 4. The van der Waals surface area contributed by atoms with Crippen molar-refractivity contribution in [3.05, 3.63) is 0 Å². The summed E-state index contributed by atoms with van der Waals surface area (Å²) in [6.45, 7) is 6.44. The number of carbonyl (C=O) groups excluding carboxylic acids is 4. The van der Waals surface area contributed by atoms with Gasteiger partial charge in [-0.2, -0.15) is 17.2 Å². The Hall–Kier alpha value is -2.39. The van der Waals surface area contributed by atoms with Gasteiger partial charge in [-0.3, -0.25) is 14.1 Å². The molecule has 6 saturated carbocycles. The van der Waals surface area contributed by atoms with E-state index in [2.05, 4.69) is 0 Å². The SMILES string of the molecule is CCC1(OC(=O)C(F)(F)S(=O)(=O)O)C2CC3CC1CC(OCC(=O)OC1C4CC5C1OC(=O)C5C4C(=O)OC(C)(C)C)(C3)C2. The maximum atomic E-state index is 14.1. The predicted octanol–water partition coefficient (Wildman–Crippen LogP) is 2.82. The van der Waals surface area contributed by atoms with Crippen LogP contribution in [0, 0.1) is 41.4 Å². The highest BCUT2D eigenvalue weighted by atomic mass is 32.2. The first-order chi connectivity index (χ1) is 20.3. The van der Waals surface area contributed by atoms with Gasteiger partial charge in [0.1, 0.15) is 30.0 Å². The molecule has 0 amide bonds. The van der Waals surface area contributed by atoms with Crippen molar-refractivity contribution in [3.63, 3.8) is 0 Å². The predicted molar refractivity (Wildman–Crippen MR) is 142 cm³/mol. The molecule has 7 rings (SSSR count). The van der Waals surface area contributed by atoms with Crippen molar-refractivity contribution in [1.82, 2.24) is 0 Å². The lowest BCUT2D eigenvalue weighted by Crippen LogP contribution is -2.66. The van der Waals surface area contributed by atoms with Crippen LogP contribution < -0.4 is 0 Å². The number of ether oxygens (including phenoxy) is 5. The molecule has 246 valence electrons. The largest absolute Gasteiger partial charge is 0.465 e. The van der Waals surface area contributed by atoms with Crippen LogP contribution in [0.1, 0.15) is 72.6 Å². The van der Waals surface area contributed by atoms with Gasteiger partial charge in [-0.1, -0.05) is 6.92 Å². The molecule has 0 aromatic rings. The average Bonchev–Trinajstić information content (AvgIpc) is 3.51. The van der Waals surface area contributed by atoms with E-state index < -0.39 is 104 Å². The second kappa shape index (κ2) is 10.1. The van der Waals surface area contributed by atoms with Crippen LogP contribution in [0.3, 0.4) is 0 Å². The summed E-state index contributed by atoms with van der Waals surface area (Å²) in [6.07, 6.45) is 1.50. The zero-order valence-corrected chi connectivity index (χ0v) is 25.8. The highest BCUT2D eigenvalue weighted by Crippen LogP contribution is 2.64. The summed E-state index contributed by atoms with van der Waals surface area (Å²) in [5, 5.41) is -5.10. The molecular weight excluding hydrogens is 610 g/mol. The van der Waals surface area contributed by atoms with Crippen molar-refractivity contribution >= 4 is 34.0 Å². The van der Waals surface area contributed by atoms with Crippen LogP contribution >= 0.6 is 0 Å². The number of hydrogen-bond acceptors (Lipinski definition) is 11. The van der Waals surface area contributed by atoms with E-state index in [1.807, 2.05) is 0 Å². The van der Waals surface area contributed by atoms with Gasteiger partial charge in [0.15, 0.2) is 0 Å². The van der Waals surface area contributed by atoms with E-state index in [4.69, 9.17) is 28.2 Å². The van der Waals surface area contributed by atoms with Gasteiger partial charge in [-0.15, -0.1) is 0 Å². The minimum absolute atomic E-state index is 0.124. The number of hydrogen-bond donors (Lipinski definition) is 1. The smallest absolute Gasteiger partial charge is 0.460 e. The van der Waals surface area contributed by atoms with Crippen molar-refractivity contribution in [3.8, 4) is 0 Å². The van der Waals surface area contributed by atoms with E-state index in [1.165, 1.54) is 0 Å². The second-order valence-electron chi connectivity index (χ2n) is 14.5. The maximum Gasteiger partial charge on any atom is 0.465 e. The summed E-state index contributed by atoms with van der Waals surface area (Å²) < 4.78 is 87.9. The van der Waals surface area contributed by atoms with E-state index >= 15 is 0 Å². The summed E-state index contributed by atoms with van der Waals surface area (Å²) in [5.41, 5.74) is -2.92. The molecule has 8 unspecified atom stereocenters. The molecule has 6 bridgehead atoms. The third-order valence-corrected chi connectivity index (χ3v) is 11.7. The van der Waals surface area contributed by atoms with Gasteiger partial charge in [-0.25, -0.2) is 9.59 Å². The Morgan fingerprint density at radius 3 is 2.25 bits per heavy atom. The molecule has 1 aliphatic heterocycles. The van der Waals surface area contributed by atoms with Gasteiger partial charge in [0, 0.05) is 23.7 Å². The number of esters is 4. The lowest BCUT2D eigenvalue weighted by atomic mass is 9.47. The van der Waals surface area contributed by atoms with Crippen LogP contribution in [0.4, 0.5) is 8.78 Å². The fraction of sp³-hybridized carbons (Fsp3) is 0.862. The Morgan fingerprint density at radius 2 is 1.68 bits per heavy atom. The lowest BCUT2D eigenvalue weighted by Gasteiger charge is -2.63. The highest BCUT2D eigenvalue weighted by Gasteiger charge is 2.71. The monoisotopic (exact) mass is 648 g/mol. The Morgan fingerprint density at radius 1 is 1.05 bits per heavy atom. The Balaban J connectivity index is 1.12. The molecule has 44 heavy (non-hydrogen) atoms. The van der Waals surface area contributed by atoms with Crippen LogP contribution in [0.15, 0.2) is 0 Å². The molecule has 6 aliphatic carbocycles. The molecule has 0 radical (unpaired) electrons. The average molecular weight is 649 g/mol. The molecular formula is C29H38F2O12S. The highest BCUT2D eigenvalue weighted by molar-refractivity contribution is 7.87. The van der Waals surface area contributed by atoms with E-state index in [1.54, 1.807) is 27.7 Å². The minimum atomic E-state index is -6.02. The minimum Gasteiger partial charge on any atom is -0.460 e. The molecule has 1 heterocycles. The van der Waals surface area contributed by atoms with Crippen LogP contribution in [0.5, 0.6) is 0 Å². The Labute approximate surface area is 253 Å². The third kappa shape index (κ3) is 4.83. The first-order valence-electron chi connectivity index (χ1n) is 15.2. The van der Waals surface area contributed by atoms with Crippen molar-refractivity contribution in [2.24, 2.45) is 41.4 Å². The van der Waals surface area contributed by atoms with Crippen LogP contribution in [0.25, 0.3) is 0 Å². The zero-order chi connectivity index (χ0) is 32.2. The summed E-state index contributed by atoms with van der Waals surface area (Å²) in [4.78, 5) is 51.1. The first-order valence-corrected chi connectivity index (χ1v) is 16.6. The fourth-order valence-corrected chi connectivity index (χ4v) is 9.81. The lowest BCUT2D eigenvalue weighted by molar-refractivity contribution is -0.260. The standard InChI is InChI=1S/C29H38F2O12S/c1-5-28(43-25(35)29(30,31)44(36,37)38)14-6-13-7-15(28)11-27(9-13,10-14)39-12-18(32)40-21-17-8-16-19(23(33)41-22(16)21)20(17)24(34)42-26(2,3)4/h13-17,19-22H,5-12H2,1-4H3,(H,36,37,38). The van der Waals surface area contributed by atoms with E-state index in [9.17, 15) is 36.4 Å². The summed E-state index contributed by atoms with van der Waals surface area (Å²) in [6, 6.07) is 0. The van der Waals surface area contributed by atoms with E-state index in [0.717, 1.165) is 0 Å². The summed E-state index contributed by atoms with van der Waals surface area (Å²) in [7, 11) is -6.02. The van der Waals surface area contributed by atoms with E-state index in [0.29, 0.717) is 38.5 Å². The molecule has 1 N–H and O–H groups in total. The van der Waals surface area contributed by atoms with Crippen molar-refractivity contribution < 1.29 is 64.6 Å². The topological polar surface area (TPSA) is 169 Å². The second-order valence-corrected chi connectivity index (χ2v) is 16.0. The first kappa shape index (κ1) is 31.6. The summed E-state index contributed by atoms with van der Waals surface area (Å²) in [5.74, 6) is -6.81. The number of halogens is 2. The van der Waals surface area contributed by atoms with Crippen molar-refractivity contribution in [2.45, 2.75) is 107 Å². The van der Waals surface area contributed by atoms with Gasteiger partial charge >= 0.3 is 39.2 Å². The fourth-order valence-electron chi connectivity index (χ4n) is 9.55. The number of alkyl halides is 2. The normalized spacial score (nSPS) is 41.9. The maximum absolute atomic E-state index is 14.1. The van der Waals surface area contributed by atoms with Gasteiger partial charge in [0.25, 0.3) is 0 Å². The van der Waals surface area contributed by atoms with Crippen molar-refractivity contribution in [2.75, 3.05) is 6.61 Å². The third-order valence-electron chi connectivity index (χ3n) is 10.9. The van der Waals surface area contributed by atoms with E-state index in [-0.39, 0.29) is 18.3 Å². The van der Waals surface area contributed by atoms with Crippen LogP contribution in [-0.2, 0) is 53.0 Å². The molecule has 0 aromatic heterocycles. The molecule has 0 aromatic carbocycles. The molecule has 1 saturated heterocycles. The summed E-state index contributed by atoms with van der Waals surface area (Å²) >= 11 is 0. The zero-order valence-electron chi connectivity index (χ0n) is 25.0. The van der Waals surface area contributed by atoms with Gasteiger partial charge < -0.3 is 23.7 Å². The van der Waals surface area contributed by atoms with Crippen LogP contribution in [0.2, 0.25) is 0 Å². The Bertz CT molecular complexity index is 1360. The number of rotatable bonds is 9. The molecule has 7 fully saturated rings. The molecule has 12 nitrogen and oxygen atoms in total. The van der Waals surface area contributed by atoms with Gasteiger partial charge in [0.05, 0.1) is 17.4 Å². The Kier molecular flexibility index (Phi) is 7.22. The van der Waals surface area contributed by atoms with Gasteiger partial charge in [-0.05, 0) is 71.6 Å². The number of fused-ring (bicyclic) bond motifs is 1. The van der Waals surface area contributed by atoms with Gasteiger partial charge in [0.2, 0.25) is 0 Å². The molecule has 0 spiro atoms. The quantitative estimate of drug-likeness (QED) is 0.221. The molecule has 8 atom stereocenters. The molecule has 15 heteroatoms.